The second kappa shape index (κ2) is 4.00. The standard InChI is InChI=1S/C14H18/c1-3-6-12-10-9-11(2)13-7-4-5-8-14(12)13/h4-5,7-9,12H,3,6,10H2,1-2H3. The van der Waals surface area contributed by atoms with Gasteiger partial charge in [-0.3, -0.25) is 0 Å². The molecule has 0 bridgehead atoms. The maximum atomic E-state index is 2.39. The fraction of sp³-hybridized carbons (Fsp3) is 0.429. The van der Waals surface area contributed by atoms with E-state index in [1.54, 1.807) is 5.56 Å². The summed E-state index contributed by atoms with van der Waals surface area (Å²) in [4.78, 5) is 0. The summed E-state index contributed by atoms with van der Waals surface area (Å²) >= 11 is 0. The highest BCUT2D eigenvalue weighted by Gasteiger charge is 2.17. The lowest BCUT2D eigenvalue weighted by molar-refractivity contribution is 0.614. The zero-order valence-electron chi connectivity index (χ0n) is 9.09. The summed E-state index contributed by atoms with van der Waals surface area (Å²) in [6.45, 7) is 4.49. The van der Waals surface area contributed by atoms with Gasteiger partial charge in [0, 0.05) is 0 Å². The van der Waals surface area contributed by atoms with Crippen molar-refractivity contribution in [2.45, 2.75) is 39.0 Å². The Morgan fingerprint density at radius 2 is 2.07 bits per heavy atom. The molecular formula is C14H18. The Balaban J connectivity index is 2.38. The smallest absolute Gasteiger partial charge is 0.0121 e. The van der Waals surface area contributed by atoms with Crippen LogP contribution in [0.5, 0.6) is 0 Å². The van der Waals surface area contributed by atoms with Crippen LogP contribution in [0.4, 0.5) is 0 Å². The molecule has 1 unspecified atom stereocenters. The minimum absolute atomic E-state index is 0.764. The highest BCUT2D eigenvalue weighted by molar-refractivity contribution is 5.69. The molecule has 0 saturated carbocycles. The van der Waals surface area contributed by atoms with Crippen LogP contribution in [0, 0.1) is 0 Å². The van der Waals surface area contributed by atoms with Crippen molar-refractivity contribution < 1.29 is 0 Å². The Hall–Kier alpha value is -1.04. The molecule has 1 aliphatic carbocycles. The fourth-order valence-corrected chi connectivity index (χ4v) is 2.39. The van der Waals surface area contributed by atoms with Gasteiger partial charge in [0.25, 0.3) is 0 Å². The van der Waals surface area contributed by atoms with Crippen LogP contribution in [0.3, 0.4) is 0 Å². The third-order valence-electron chi connectivity index (χ3n) is 3.17. The maximum absolute atomic E-state index is 2.39. The molecule has 14 heavy (non-hydrogen) atoms. The number of fused-ring (bicyclic) bond motifs is 1. The van der Waals surface area contributed by atoms with Gasteiger partial charge in [-0.1, -0.05) is 43.7 Å². The predicted molar refractivity (Wildman–Crippen MR) is 62.4 cm³/mol. The molecule has 0 fully saturated rings. The van der Waals surface area contributed by atoms with Gasteiger partial charge in [-0.15, -0.1) is 0 Å². The average Bonchev–Trinajstić information content (AvgIpc) is 2.23. The molecule has 1 aromatic carbocycles. The van der Waals surface area contributed by atoms with Crippen molar-refractivity contribution in [1.82, 2.24) is 0 Å². The zero-order valence-corrected chi connectivity index (χ0v) is 9.09. The van der Waals surface area contributed by atoms with Crippen LogP contribution in [0.1, 0.15) is 50.2 Å². The predicted octanol–water partition coefficient (Wildman–Crippen LogP) is 4.38. The largest absolute Gasteiger partial charge is 0.0804 e. The number of hydrogen-bond acceptors (Lipinski definition) is 0. The lowest BCUT2D eigenvalue weighted by atomic mass is 9.81. The van der Waals surface area contributed by atoms with E-state index in [1.165, 1.54) is 30.4 Å². The van der Waals surface area contributed by atoms with Crippen LogP contribution in [0.15, 0.2) is 30.3 Å². The summed E-state index contributed by atoms with van der Waals surface area (Å²) in [5.74, 6) is 0.764. The van der Waals surface area contributed by atoms with E-state index in [4.69, 9.17) is 0 Å². The molecule has 1 aliphatic rings. The molecule has 0 saturated heterocycles. The quantitative estimate of drug-likeness (QED) is 0.643. The van der Waals surface area contributed by atoms with Crippen molar-refractivity contribution in [1.29, 1.82) is 0 Å². The van der Waals surface area contributed by atoms with Gasteiger partial charge in [0.15, 0.2) is 0 Å². The number of hydrogen-bond donors (Lipinski definition) is 0. The van der Waals surface area contributed by atoms with E-state index in [0.717, 1.165) is 5.92 Å². The summed E-state index contributed by atoms with van der Waals surface area (Å²) in [6, 6.07) is 8.86. The minimum Gasteiger partial charge on any atom is -0.0804 e. The number of allylic oxidation sites excluding steroid dienone is 2. The topological polar surface area (TPSA) is 0 Å². The molecule has 0 heterocycles. The summed E-state index contributed by atoms with van der Waals surface area (Å²) in [7, 11) is 0. The molecule has 0 heteroatoms. The lowest BCUT2D eigenvalue weighted by Crippen LogP contribution is -2.05. The Bertz CT molecular complexity index is 347. The van der Waals surface area contributed by atoms with Crippen LogP contribution in [0.2, 0.25) is 0 Å². The van der Waals surface area contributed by atoms with Crippen molar-refractivity contribution in [3.8, 4) is 0 Å². The maximum Gasteiger partial charge on any atom is -0.0121 e. The van der Waals surface area contributed by atoms with Crippen LogP contribution in [-0.2, 0) is 0 Å². The van der Waals surface area contributed by atoms with E-state index >= 15 is 0 Å². The highest BCUT2D eigenvalue weighted by Crippen LogP contribution is 2.36. The molecule has 1 atom stereocenters. The molecule has 0 radical (unpaired) electrons. The molecule has 0 N–H and O–H groups in total. The molecular weight excluding hydrogens is 168 g/mol. The third-order valence-corrected chi connectivity index (χ3v) is 3.17. The van der Waals surface area contributed by atoms with Crippen molar-refractivity contribution >= 4 is 5.57 Å². The molecule has 0 nitrogen and oxygen atoms in total. The van der Waals surface area contributed by atoms with Crippen LogP contribution < -0.4 is 0 Å². The van der Waals surface area contributed by atoms with Gasteiger partial charge in [0.05, 0.1) is 0 Å². The van der Waals surface area contributed by atoms with Gasteiger partial charge >= 0.3 is 0 Å². The van der Waals surface area contributed by atoms with E-state index in [1.807, 2.05) is 0 Å². The van der Waals surface area contributed by atoms with Gasteiger partial charge in [-0.25, -0.2) is 0 Å². The van der Waals surface area contributed by atoms with Crippen LogP contribution in [-0.4, -0.2) is 0 Å². The van der Waals surface area contributed by atoms with Crippen molar-refractivity contribution in [2.24, 2.45) is 0 Å². The monoisotopic (exact) mass is 186 g/mol. The Morgan fingerprint density at radius 3 is 2.86 bits per heavy atom. The van der Waals surface area contributed by atoms with Gasteiger partial charge in [0.1, 0.15) is 0 Å². The zero-order chi connectivity index (χ0) is 9.97. The fourth-order valence-electron chi connectivity index (χ4n) is 2.39. The molecule has 0 amide bonds. The molecule has 1 aromatic rings. The summed E-state index contributed by atoms with van der Waals surface area (Å²) in [5.41, 5.74) is 4.49. The van der Waals surface area contributed by atoms with Crippen molar-refractivity contribution in [3.05, 3.63) is 41.5 Å². The first-order valence-corrected chi connectivity index (χ1v) is 5.59. The molecule has 0 spiro atoms. The molecule has 0 aromatic heterocycles. The van der Waals surface area contributed by atoms with Gasteiger partial charge < -0.3 is 0 Å². The average molecular weight is 186 g/mol. The van der Waals surface area contributed by atoms with Gasteiger partial charge in [-0.05, 0) is 42.4 Å². The molecule has 0 aliphatic heterocycles. The van der Waals surface area contributed by atoms with E-state index in [-0.39, 0.29) is 0 Å². The first-order chi connectivity index (χ1) is 6.83. The molecule has 74 valence electrons. The van der Waals surface area contributed by atoms with E-state index < -0.39 is 0 Å². The van der Waals surface area contributed by atoms with Crippen molar-refractivity contribution in [3.63, 3.8) is 0 Å². The van der Waals surface area contributed by atoms with Crippen LogP contribution in [0.25, 0.3) is 5.57 Å². The second-order valence-corrected chi connectivity index (χ2v) is 4.20. The Morgan fingerprint density at radius 1 is 1.29 bits per heavy atom. The minimum atomic E-state index is 0.764. The first kappa shape index (κ1) is 9.51. The van der Waals surface area contributed by atoms with E-state index in [2.05, 4.69) is 44.2 Å². The van der Waals surface area contributed by atoms with E-state index in [9.17, 15) is 0 Å². The molecule has 2 rings (SSSR count). The lowest BCUT2D eigenvalue weighted by Gasteiger charge is -2.23. The Kier molecular flexibility index (Phi) is 2.72. The SMILES string of the molecule is CCCC1CC=C(C)c2ccccc21. The second-order valence-electron chi connectivity index (χ2n) is 4.20. The Labute approximate surface area is 86.7 Å². The van der Waals surface area contributed by atoms with E-state index in [0.29, 0.717) is 0 Å². The number of benzene rings is 1. The van der Waals surface area contributed by atoms with Gasteiger partial charge in [0.2, 0.25) is 0 Å². The summed E-state index contributed by atoms with van der Waals surface area (Å²) < 4.78 is 0. The third kappa shape index (κ3) is 1.61. The van der Waals surface area contributed by atoms with Gasteiger partial charge in [-0.2, -0.15) is 0 Å². The summed E-state index contributed by atoms with van der Waals surface area (Å²) in [6.07, 6.45) is 6.23. The van der Waals surface area contributed by atoms with Crippen molar-refractivity contribution in [2.75, 3.05) is 0 Å². The number of rotatable bonds is 2. The summed E-state index contributed by atoms with van der Waals surface area (Å²) in [5, 5.41) is 0. The first-order valence-electron chi connectivity index (χ1n) is 5.59. The normalized spacial score (nSPS) is 20.1. The van der Waals surface area contributed by atoms with Crippen LogP contribution >= 0.6 is 0 Å². The highest BCUT2D eigenvalue weighted by atomic mass is 14.2.